The van der Waals surface area contributed by atoms with Gasteiger partial charge in [0, 0.05) is 0 Å². The van der Waals surface area contributed by atoms with Gasteiger partial charge in [0.1, 0.15) is 0 Å². The van der Waals surface area contributed by atoms with E-state index in [4.69, 9.17) is 0 Å². The quantitative estimate of drug-likeness (QED) is 0.386. The SMILES string of the molecule is Oc1ccccc1P(Br)(Cc1ccccc1)(c1ccccc1)c1ccccc1. The fraction of sp³-hybridized carbons (Fsp3) is 0.0400. The first-order chi connectivity index (χ1) is 13.6. The van der Waals surface area contributed by atoms with Gasteiger partial charge in [-0.3, -0.25) is 0 Å². The fourth-order valence-corrected chi connectivity index (χ4v) is 12.0. The van der Waals surface area contributed by atoms with Crippen LogP contribution in [0, 0.1) is 0 Å². The number of para-hydroxylation sites is 1. The summed E-state index contributed by atoms with van der Waals surface area (Å²) in [4.78, 5) is 0. The Morgan fingerprint density at radius 3 is 1.50 bits per heavy atom. The molecule has 0 amide bonds. The van der Waals surface area contributed by atoms with Gasteiger partial charge in [-0.25, -0.2) is 0 Å². The molecule has 0 atom stereocenters. The van der Waals surface area contributed by atoms with Crippen LogP contribution in [0.15, 0.2) is 115 Å². The summed E-state index contributed by atoms with van der Waals surface area (Å²) in [6.07, 6.45) is 0.776. The number of aromatic hydroxyl groups is 1. The molecule has 0 aliphatic carbocycles. The summed E-state index contributed by atoms with van der Waals surface area (Å²) in [5.74, 6) is 0.320. The molecule has 0 spiro atoms. The Morgan fingerprint density at radius 2 is 1.00 bits per heavy atom. The predicted molar refractivity (Wildman–Crippen MR) is 126 cm³/mol. The Labute approximate surface area is 174 Å². The van der Waals surface area contributed by atoms with Crippen molar-refractivity contribution in [2.24, 2.45) is 0 Å². The standard InChI is InChI=1S/C25H22BrOP/c26-28(22-14-6-2-7-15-22,23-16-8-3-9-17-23,20-21-12-4-1-5-13-21)25-19-11-10-18-24(25)27/h1-19,27H,20H2. The summed E-state index contributed by atoms with van der Waals surface area (Å²) < 4.78 is 0. The summed E-state index contributed by atoms with van der Waals surface area (Å²) in [7, 11) is 0. The molecular formula is C25H22BrOP. The third-order valence-electron chi connectivity index (χ3n) is 5.30. The summed E-state index contributed by atoms with van der Waals surface area (Å²) in [6, 6.07) is 39.3. The number of hydrogen-bond acceptors (Lipinski definition) is 1. The second kappa shape index (κ2) is 7.54. The van der Waals surface area contributed by atoms with Crippen molar-refractivity contribution in [1.82, 2.24) is 0 Å². The minimum atomic E-state index is -3.16. The predicted octanol–water partition coefficient (Wildman–Crippen LogP) is 5.73. The number of hydrogen-bond donors (Lipinski definition) is 1. The maximum absolute atomic E-state index is 11.0. The molecule has 4 rings (SSSR count). The van der Waals surface area contributed by atoms with Gasteiger partial charge in [0.15, 0.2) is 0 Å². The Balaban J connectivity index is 2.13. The van der Waals surface area contributed by atoms with Gasteiger partial charge in [0.25, 0.3) is 0 Å². The summed E-state index contributed by atoms with van der Waals surface area (Å²) in [5, 5.41) is 11.2. The van der Waals surface area contributed by atoms with E-state index in [9.17, 15) is 5.11 Å². The normalized spacial score (nSPS) is 12.8. The molecule has 0 saturated heterocycles. The molecule has 0 unspecified atom stereocenters. The topological polar surface area (TPSA) is 20.2 Å². The van der Waals surface area contributed by atoms with Crippen molar-refractivity contribution in [3.05, 3.63) is 121 Å². The third kappa shape index (κ3) is 3.07. The Kier molecular flexibility index (Phi) is 5.10. The van der Waals surface area contributed by atoms with Crippen LogP contribution < -0.4 is 15.9 Å². The van der Waals surface area contributed by atoms with Gasteiger partial charge in [-0.05, 0) is 0 Å². The molecule has 0 radical (unpaired) electrons. The minimum absolute atomic E-state index is 0.320. The van der Waals surface area contributed by atoms with Crippen molar-refractivity contribution in [3.63, 3.8) is 0 Å². The van der Waals surface area contributed by atoms with Crippen LogP contribution in [0.2, 0.25) is 0 Å². The summed E-state index contributed by atoms with van der Waals surface area (Å²) in [6.45, 7) is 0. The van der Waals surface area contributed by atoms with Gasteiger partial charge in [-0.2, -0.15) is 0 Å². The molecule has 0 aliphatic heterocycles. The molecule has 1 nitrogen and oxygen atoms in total. The number of halogens is 1. The van der Waals surface area contributed by atoms with E-state index in [-0.39, 0.29) is 0 Å². The molecule has 4 aromatic rings. The van der Waals surface area contributed by atoms with Crippen molar-refractivity contribution in [1.29, 1.82) is 0 Å². The van der Waals surface area contributed by atoms with Gasteiger partial charge in [-0.1, -0.05) is 0 Å². The average molecular weight is 449 g/mol. The number of rotatable bonds is 5. The van der Waals surface area contributed by atoms with Gasteiger partial charge < -0.3 is 0 Å². The van der Waals surface area contributed by atoms with Gasteiger partial charge in [-0.15, -0.1) is 0 Å². The van der Waals surface area contributed by atoms with E-state index >= 15 is 0 Å². The monoisotopic (exact) mass is 448 g/mol. The zero-order valence-electron chi connectivity index (χ0n) is 15.4. The number of phenolic OH excluding ortho intramolecular Hbond substituents is 1. The molecule has 140 valence electrons. The van der Waals surface area contributed by atoms with Crippen LogP contribution >= 0.6 is 20.8 Å². The molecule has 0 heterocycles. The number of benzene rings is 4. The van der Waals surface area contributed by atoms with E-state index < -0.39 is 5.31 Å². The van der Waals surface area contributed by atoms with Gasteiger partial charge in [0.05, 0.1) is 0 Å². The Bertz CT molecular complexity index is 1030. The van der Waals surface area contributed by atoms with Crippen molar-refractivity contribution < 1.29 is 5.11 Å². The van der Waals surface area contributed by atoms with Crippen LogP contribution in [-0.2, 0) is 6.16 Å². The molecule has 0 saturated carbocycles. The van der Waals surface area contributed by atoms with Crippen molar-refractivity contribution in [2.45, 2.75) is 6.16 Å². The van der Waals surface area contributed by atoms with Gasteiger partial charge in [0.2, 0.25) is 0 Å². The van der Waals surface area contributed by atoms with E-state index in [0.717, 1.165) is 11.5 Å². The maximum atomic E-state index is 11.0. The summed E-state index contributed by atoms with van der Waals surface area (Å²) in [5.41, 5.74) is 1.23. The first-order valence-electron chi connectivity index (χ1n) is 9.29. The molecular weight excluding hydrogens is 427 g/mol. The second-order valence-electron chi connectivity index (χ2n) is 6.99. The van der Waals surface area contributed by atoms with E-state index in [0.29, 0.717) is 5.75 Å². The van der Waals surface area contributed by atoms with Crippen molar-refractivity contribution in [2.75, 3.05) is 0 Å². The molecule has 0 aliphatic rings. The molecule has 1 N–H and O–H groups in total. The molecule has 0 fully saturated rings. The molecule has 0 bridgehead atoms. The Morgan fingerprint density at radius 1 is 0.571 bits per heavy atom. The van der Waals surface area contributed by atoms with Crippen LogP contribution in [0.4, 0.5) is 0 Å². The van der Waals surface area contributed by atoms with Crippen molar-refractivity contribution >= 4 is 36.7 Å². The first-order valence-corrected chi connectivity index (χ1v) is 13.7. The van der Waals surface area contributed by atoms with Gasteiger partial charge >= 0.3 is 175 Å². The van der Waals surface area contributed by atoms with E-state index in [1.807, 2.05) is 30.3 Å². The van der Waals surface area contributed by atoms with Crippen molar-refractivity contribution in [3.8, 4) is 5.75 Å². The summed E-state index contributed by atoms with van der Waals surface area (Å²) >= 11 is 4.38. The Hall–Kier alpha value is -2.41. The van der Waals surface area contributed by atoms with E-state index in [1.165, 1.54) is 16.2 Å². The first kappa shape index (κ1) is 18.9. The second-order valence-corrected chi connectivity index (χ2v) is 15.9. The van der Waals surface area contributed by atoms with Crippen LogP contribution in [0.5, 0.6) is 5.75 Å². The number of phenols is 1. The van der Waals surface area contributed by atoms with Crippen LogP contribution in [0.3, 0.4) is 0 Å². The molecule has 0 aromatic heterocycles. The molecule has 3 heteroatoms. The van der Waals surface area contributed by atoms with E-state index in [1.54, 1.807) is 6.07 Å². The zero-order valence-corrected chi connectivity index (χ0v) is 17.9. The third-order valence-corrected chi connectivity index (χ3v) is 14.7. The van der Waals surface area contributed by atoms with Crippen LogP contribution in [-0.4, -0.2) is 5.11 Å². The van der Waals surface area contributed by atoms with Crippen LogP contribution in [0.25, 0.3) is 0 Å². The fourth-order valence-electron chi connectivity index (χ4n) is 3.96. The van der Waals surface area contributed by atoms with Crippen LogP contribution in [0.1, 0.15) is 5.56 Å². The van der Waals surface area contributed by atoms with E-state index in [2.05, 4.69) is 94.4 Å². The molecule has 28 heavy (non-hydrogen) atoms. The molecule has 4 aromatic carbocycles. The average Bonchev–Trinajstić information content (AvgIpc) is 2.76. The zero-order chi connectivity index (χ0) is 19.5.